The Bertz CT molecular complexity index is 2210. The zero-order chi connectivity index (χ0) is 29.7. The van der Waals surface area contributed by atoms with Gasteiger partial charge in [-0.15, -0.1) is 0 Å². The average Bonchev–Trinajstić information content (AvgIpc) is 3.81. The van der Waals surface area contributed by atoms with E-state index in [-0.39, 0.29) is 0 Å². The molecule has 212 valence electrons. The highest BCUT2D eigenvalue weighted by molar-refractivity contribution is 5.92. The molecule has 8 rings (SSSR count). The number of benzene rings is 3. The lowest BCUT2D eigenvalue weighted by molar-refractivity contribution is 1.11. The van der Waals surface area contributed by atoms with Crippen molar-refractivity contribution in [3.63, 3.8) is 0 Å². The van der Waals surface area contributed by atoms with Crippen molar-refractivity contribution in [1.29, 1.82) is 0 Å². The first-order valence-corrected chi connectivity index (χ1v) is 14.3. The fourth-order valence-corrected chi connectivity index (χ4v) is 5.15. The molecule has 5 aromatic heterocycles. The summed E-state index contributed by atoms with van der Waals surface area (Å²) in [6.07, 6.45) is 15.1. The maximum absolute atomic E-state index is 4.56. The highest BCUT2D eigenvalue weighted by atomic mass is 15.1. The summed E-state index contributed by atoms with van der Waals surface area (Å²) in [6, 6.07) is 28.6. The number of imidazole rings is 1. The van der Waals surface area contributed by atoms with Gasteiger partial charge < -0.3 is 4.98 Å². The maximum Gasteiger partial charge on any atom is 0.131 e. The van der Waals surface area contributed by atoms with Gasteiger partial charge in [0.05, 0.1) is 33.5 Å². The van der Waals surface area contributed by atoms with Crippen LogP contribution in [0.4, 0.5) is 0 Å². The van der Waals surface area contributed by atoms with Crippen LogP contribution in [-0.2, 0) is 0 Å². The minimum atomic E-state index is 0.816. The van der Waals surface area contributed by atoms with Crippen LogP contribution in [0, 0.1) is 0 Å². The molecule has 8 nitrogen and oxygen atoms in total. The van der Waals surface area contributed by atoms with Crippen molar-refractivity contribution in [1.82, 2.24) is 40.3 Å². The summed E-state index contributed by atoms with van der Waals surface area (Å²) in [5.41, 5.74) is 10.5. The Hall–Kier alpha value is -6.15. The SMILES string of the molecule is C(=C\c1n[nH]c2cc(-c3ccncc3)ccc12)/c1nc2ccccc2[nH]1.C/C=C/c1n[nH]c2cc(-c3ccncc3)ccc12. The Balaban J connectivity index is 0.000000152. The van der Waals surface area contributed by atoms with E-state index >= 15 is 0 Å². The molecule has 0 bridgehead atoms. The van der Waals surface area contributed by atoms with Crippen molar-refractivity contribution in [2.75, 3.05) is 0 Å². The fraction of sp³-hybridized carbons (Fsp3) is 0.0278. The van der Waals surface area contributed by atoms with Crippen LogP contribution in [0.25, 0.3) is 73.3 Å². The number of para-hydroxylation sites is 2. The quantitative estimate of drug-likeness (QED) is 0.192. The van der Waals surface area contributed by atoms with Crippen molar-refractivity contribution in [3.8, 4) is 22.3 Å². The first kappa shape index (κ1) is 26.7. The summed E-state index contributed by atoms with van der Waals surface area (Å²) in [6.45, 7) is 1.99. The molecule has 0 spiro atoms. The molecule has 8 heteroatoms. The van der Waals surface area contributed by atoms with Crippen molar-refractivity contribution >= 4 is 51.1 Å². The lowest BCUT2D eigenvalue weighted by Gasteiger charge is -2.00. The van der Waals surface area contributed by atoms with E-state index < -0.39 is 0 Å². The minimum absolute atomic E-state index is 0.816. The predicted molar refractivity (Wildman–Crippen MR) is 178 cm³/mol. The van der Waals surface area contributed by atoms with Crippen LogP contribution in [0.5, 0.6) is 0 Å². The molecular weight excluding hydrogens is 544 g/mol. The molecule has 0 atom stereocenters. The highest BCUT2D eigenvalue weighted by Gasteiger charge is 2.07. The molecular formula is C36H28N8. The van der Waals surface area contributed by atoms with Crippen LogP contribution in [0.1, 0.15) is 24.1 Å². The van der Waals surface area contributed by atoms with E-state index in [1.54, 1.807) is 24.8 Å². The molecule has 0 amide bonds. The summed E-state index contributed by atoms with van der Waals surface area (Å²) >= 11 is 0. The lowest BCUT2D eigenvalue weighted by Crippen LogP contribution is -1.79. The number of pyridine rings is 2. The van der Waals surface area contributed by atoms with Gasteiger partial charge in [0.15, 0.2) is 0 Å². The van der Waals surface area contributed by atoms with Crippen LogP contribution in [0.2, 0.25) is 0 Å². The zero-order valence-electron chi connectivity index (χ0n) is 23.9. The third-order valence-corrected chi connectivity index (χ3v) is 7.34. The van der Waals surface area contributed by atoms with Gasteiger partial charge in [-0.3, -0.25) is 20.2 Å². The van der Waals surface area contributed by atoms with Gasteiger partial charge in [0.25, 0.3) is 0 Å². The van der Waals surface area contributed by atoms with Gasteiger partial charge in [-0.25, -0.2) is 4.98 Å². The Morgan fingerprint density at radius 1 is 0.545 bits per heavy atom. The number of hydrogen-bond acceptors (Lipinski definition) is 5. The van der Waals surface area contributed by atoms with E-state index in [9.17, 15) is 0 Å². The molecule has 0 unspecified atom stereocenters. The topological polar surface area (TPSA) is 112 Å². The predicted octanol–water partition coefficient (Wildman–Crippen LogP) is 8.33. The standard InChI is InChI=1S/C21H15N5.C15H13N3/c1-2-4-19-18(3-1)23-21(24-19)8-7-17-16-6-5-15(13-20(16)26-25-17)14-9-11-22-12-10-14;1-2-3-14-13-5-4-12(10-15(13)18-17-14)11-6-8-16-9-7-11/h1-13H,(H,23,24)(H,25,26);2-10H,1H3,(H,17,18)/b8-7+;3-2+. The number of rotatable bonds is 5. The average molecular weight is 573 g/mol. The molecule has 8 aromatic rings. The second-order valence-corrected chi connectivity index (χ2v) is 10.2. The fourth-order valence-electron chi connectivity index (χ4n) is 5.15. The second-order valence-electron chi connectivity index (χ2n) is 10.2. The van der Waals surface area contributed by atoms with Gasteiger partial charge in [-0.05, 0) is 108 Å². The third kappa shape index (κ3) is 5.52. The molecule has 0 radical (unpaired) electrons. The molecule has 3 aromatic carbocycles. The van der Waals surface area contributed by atoms with Gasteiger partial charge in [-0.2, -0.15) is 10.2 Å². The van der Waals surface area contributed by atoms with Gasteiger partial charge in [0.1, 0.15) is 5.82 Å². The van der Waals surface area contributed by atoms with Crippen LogP contribution >= 0.6 is 0 Å². The van der Waals surface area contributed by atoms with Gasteiger partial charge in [-0.1, -0.05) is 30.3 Å². The normalized spacial score (nSPS) is 11.6. The first-order valence-electron chi connectivity index (χ1n) is 14.3. The van der Waals surface area contributed by atoms with Crippen LogP contribution in [0.15, 0.2) is 116 Å². The van der Waals surface area contributed by atoms with Crippen molar-refractivity contribution in [2.24, 2.45) is 0 Å². The summed E-state index contributed by atoms with van der Waals surface area (Å²) in [5.74, 6) is 0.816. The maximum atomic E-state index is 4.56. The van der Waals surface area contributed by atoms with Gasteiger partial charge in [0, 0.05) is 35.6 Å². The zero-order valence-corrected chi connectivity index (χ0v) is 23.9. The Kier molecular flexibility index (Phi) is 7.28. The van der Waals surface area contributed by atoms with Gasteiger partial charge in [0.2, 0.25) is 0 Å². The monoisotopic (exact) mass is 572 g/mol. The summed E-state index contributed by atoms with van der Waals surface area (Å²) in [7, 11) is 0. The molecule has 0 saturated carbocycles. The summed E-state index contributed by atoms with van der Waals surface area (Å²) in [4.78, 5) is 16.0. The lowest BCUT2D eigenvalue weighted by atomic mass is 10.0. The van der Waals surface area contributed by atoms with Gasteiger partial charge >= 0.3 is 0 Å². The van der Waals surface area contributed by atoms with Crippen LogP contribution < -0.4 is 0 Å². The second kappa shape index (κ2) is 12.0. The third-order valence-electron chi connectivity index (χ3n) is 7.34. The van der Waals surface area contributed by atoms with E-state index in [2.05, 4.69) is 76.7 Å². The van der Waals surface area contributed by atoms with Crippen LogP contribution in [0.3, 0.4) is 0 Å². The van der Waals surface area contributed by atoms with Crippen molar-refractivity contribution < 1.29 is 0 Å². The van der Waals surface area contributed by atoms with Crippen molar-refractivity contribution in [2.45, 2.75) is 6.92 Å². The molecule has 0 aliphatic heterocycles. The molecule has 44 heavy (non-hydrogen) atoms. The van der Waals surface area contributed by atoms with E-state index in [0.717, 1.165) is 66.7 Å². The number of aromatic amines is 3. The van der Waals surface area contributed by atoms with E-state index in [4.69, 9.17) is 0 Å². The molecule has 3 N–H and O–H groups in total. The van der Waals surface area contributed by atoms with E-state index in [1.165, 1.54) is 5.56 Å². The summed E-state index contributed by atoms with van der Waals surface area (Å²) < 4.78 is 0. The van der Waals surface area contributed by atoms with E-state index in [1.807, 2.05) is 79.8 Å². The number of fused-ring (bicyclic) bond motifs is 3. The summed E-state index contributed by atoms with van der Waals surface area (Å²) in [5, 5.41) is 17.1. The number of nitrogens with zero attached hydrogens (tertiary/aromatic N) is 5. The number of nitrogens with one attached hydrogen (secondary N) is 3. The van der Waals surface area contributed by atoms with Crippen LogP contribution in [-0.4, -0.2) is 40.3 Å². The Labute approximate surface area is 253 Å². The Morgan fingerprint density at radius 2 is 1.11 bits per heavy atom. The van der Waals surface area contributed by atoms with Crippen molar-refractivity contribution in [3.05, 3.63) is 133 Å². The number of aromatic nitrogens is 8. The molecule has 5 heterocycles. The highest BCUT2D eigenvalue weighted by Crippen LogP contribution is 2.26. The molecule has 0 fully saturated rings. The van der Waals surface area contributed by atoms with E-state index in [0.29, 0.717) is 0 Å². The first-order chi connectivity index (χ1) is 21.7. The number of H-pyrrole nitrogens is 3. The molecule has 0 saturated heterocycles. The number of allylic oxidation sites excluding steroid dienone is 1. The minimum Gasteiger partial charge on any atom is -0.338 e. The smallest absolute Gasteiger partial charge is 0.131 e. The largest absolute Gasteiger partial charge is 0.338 e. The number of hydrogen-bond donors (Lipinski definition) is 3. The molecule has 0 aliphatic rings. The Morgan fingerprint density at radius 3 is 1.68 bits per heavy atom. The molecule has 0 aliphatic carbocycles.